The maximum absolute atomic E-state index is 12.3. The highest BCUT2D eigenvalue weighted by Gasteiger charge is 2.26. The molecule has 1 heterocycles. The SMILES string of the molecule is CCOC(=O)c1csc(NC(=O)c2ccccc2)c1C(=O)OCC. The van der Waals surface area contributed by atoms with Gasteiger partial charge in [0, 0.05) is 10.9 Å². The zero-order chi connectivity index (χ0) is 17.5. The summed E-state index contributed by atoms with van der Waals surface area (Å²) in [5, 5.41) is 4.39. The van der Waals surface area contributed by atoms with Crippen LogP contribution in [0.1, 0.15) is 44.9 Å². The largest absolute Gasteiger partial charge is 0.462 e. The molecule has 0 bridgehead atoms. The number of hydrogen-bond acceptors (Lipinski definition) is 6. The van der Waals surface area contributed by atoms with E-state index in [1.165, 1.54) is 5.38 Å². The number of esters is 2. The smallest absolute Gasteiger partial charge is 0.342 e. The highest BCUT2D eigenvalue weighted by Crippen LogP contribution is 2.30. The van der Waals surface area contributed by atoms with Crippen molar-refractivity contribution in [2.45, 2.75) is 13.8 Å². The van der Waals surface area contributed by atoms with Crippen LogP contribution in [-0.4, -0.2) is 31.1 Å². The first-order chi connectivity index (χ1) is 11.6. The molecule has 6 nitrogen and oxygen atoms in total. The minimum atomic E-state index is -0.676. The first kappa shape index (κ1) is 17.7. The summed E-state index contributed by atoms with van der Waals surface area (Å²) in [7, 11) is 0. The molecule has 7 heteroatoms. The van der Waals surface area contributed by atoms with Crippen molar-refractivity contribution in [2.24, 2.45) is 0 Å². The highest BCUT2D eigenvalue weighted by molar-refractivity contribution is 7.15. The quantitative estimate of drug-likeness (QED) is 0.810. The van der Waals surface area contributed by atoms with Gasteiger partial charge in [0.05, 0.1) is 18.8 Å². The lowest BCUT2D eigenvalue weighted by Crippen LogP contribution is -2.17. The zero-order valence-electron chi connectivity index (χ0n) is 13.3. The molecule has 0 atom stereocenters. The molecule has 0 aliphatic rings. The van der Waals surface area contributed by atoms with Crippen LogP contribution < -0.4 is 5.32 Å². The van der Waals surface area contributed by atoms with Gasteiger partial charge in [0.15, 0.2) is 0 Å². The maximum atomic E-state index is 12.3. The molecule has 1 aromatic heterocycles. The summed E-state index contributed by atoms with van der Waals surface area (Å²) in [6.45, 7) is 3.68. The van der Waals surface area contributed by atoms with Gasteiger partial charge in [-0.3, -0.25) is 4.79 Å². The molecule has 24 heavy (non-hydrogen) atoms. The van der Waals surface area contributed by atoms with Crippen LogP contribution in [0.5, 0.6) is 0 Å². The fraction of sp³-hybridized carbons (Fsp3) is 0.235. The molecule has 0 aliphatic carbocycles. The Morgan fingerprint density at radius 2 is 1.62 bits per heavy atom. The van der Waals surface area contributed by atoms with Crippen molar-refractivity contribution < 1.29 is 23.9 Å². The van der Waals surface area contributed by atoms with E-state index in [9.17, 15) is 14.4 Å². The van der Waals surface area contributed by atoms with Crippen molar-refractivity contribution >= 4 is 34.2 Å². The number of carbonyl (C=O) groups excluding carboxylic acids is 3. The van der Waals surface area contributed by atoms with Crippen LogP contribution in [0.2, 0.25) is 0 Å². The molecule has 2 rings (SSSR count). The standard InChI is InChI=1S/C17H17NO5S/c1-3-22-16(20)12-10-24-15(13(12)17(21)23-4-2)18-14(19)11-8-6-5-7-9-11/h5-10H,3-4H2,1-2H3,(H,18,19). The van der Waals surface area contributed by atoms with Gasteiger partial charge >= 0.3 is 11.9 Å². The van der Waals surface area contributed by atoms with Gasteiger partial charge in [0.2, 0.25) is 0 Å². The van der Waals surface area contributed by atoms with Gasteiger partial charge < -0.3 is 14.8 Å². The van der Waals surface area contributed by atoms with Crippen LogP contribution in [0.4, 0.5) is 5.00 Å². The molecule has 0 spiro atoms. The van der Waals surface area contributed by atoms with Gasteiger partial charge in [-0.1, -0.05) is 18.2 Å². The van der Waals surface area contributed by atoms with E-state index in [0.29, 0.717) is 5.56 Å². The van der Waals surface area contributed by atoms with Gasteiger partial charge in [-0.15, -0.1) is 11.3 Å². The summed E-state index contributed by atoms with van der Waals surface area (Å²) in [6, 6.07) is 8.57. The molecule has 0 fully saturated rings. The van der Waals surface area contributed by atoms with Crippen LogP contribution in [0.15, 0.2) is 35.7 Å². The van der Waals surface area contributed by atoms with E-state index in [4.69, 9.17) is 9.47 Å². The summed E-state index contributed by atoms with van der Waals surface area (Å²) in [6.07, 6.45) is 0. The van der Waals surface area contributed by atoms with Gasteiger partial charge in [0.1, 0.15) is 10.6 Å². The lowest BCUT2D eigenvalue weighted by atomic mass is 10.1. The van der Waals surface area contributed by atoms with Crippen molar-refractivity contribution in [3.8, 4) is 0 Å². The molecule has 1 amide bonds. The van der Waals surface area contributed by atoms with Gasteiger partial charge in [-0.2, -0.15) is 0 Å². The summed E-state index contributed by atoms with van der Waals surface area (Å²) in [4.78, 5) is 36.5. The third-order valence-corrected chi connectivity index (χ3v) is 3.92. The Labute approximate surface area is 143 Å². The molecule has 126 valence electrons. The van der Waals surface area contributed by atoms with Crippen LogP contribution in [0.25, 0.3) is 0 Å². The number of carbonyl (C=O) groups is 3. The first-order valence-electron chi connectivity index (χ1n) is 7.40. The van der Waals surface area contributed by atoms with E-state index in [1.54, 1.807) is 44.2 Å². The number of nitrogens with one attached hydrogen (secondary N) is 1. The molecular formula is C17H17NO5S. The molecule has 1 N–H and O–H groups in total. The van der Waals surface area contributed by atoms with Crippen LogP contribution in [-0.2, 0) is 9.47 Å². The second kappa shape index (κ2) is 8.26. The lowest BCUT2D eigenvalue weighted by Gasteiger charge is -2.08. The minimum absolute atomic E-state index is 0.0181. The summed E-state index contributed by atoms with van der Waals surface area (Å²) >= 11 is 1.07. The van der Waals surface area contributed by atoms with Crippen LogP contribution >= 0.6 is 11.3 Å². The predicted octanol–water partition coefficient (Wildman–Crippen LogP) is 3.35. The summed E-state index contributed by atoms with van der Waals surface area (Å²) in [5.41, 5.74) is 0.548. The number of amides is 1. The third-order valence-electron chi connectivity index (χ3n) is 3.03. The number of thiophene rings is 1. The van der Waals surface area contributed by atoms with E-state index in [0.717, 1.165) is 11.3 Å². The highest BCUT2D eigenvalue weighted by atomic mass is 32.1. The Balaban J connectivity index is 2.33. The topological polar surface area (TPSA) is 81.7 Å². The minimum Gasteiger partial charge on any atom is -0.462 e. The maximum Gasteiger partial charge on any atom is 0.342 e. The Morgan fingerprint density at radius 3 is 2.25 bits per heavy atom. The molecular weight excluding hydrogens is 330 g/mol. The molecule has 0 saturated carbocycles. The van der Waals surface area contributed by atoms with E-state index in [2.05, 4.69) is 5.32 Å². The fourth-order valence-electron chi connectivity index (χ4n) is 1.98. The summed E-state index contributed by atoms with van der Waals surface area (Å²) in [5.74, 6) is -1.68. The lowest BCUT2D eigenvalue weighted by molar-refractivity contribution is 0.0481. The van der Waals surface area contributed by atoms with E-state index < -0.39 is 11.9 Å². The van der Waals surface area contributed by atoms with Gasteiger partial charge in [-0.25, -0.2) is 9.59 Å². The van der Waals surface area contributed by atoms with Crippen molar-refractivity contribution in [3.63, 3.8) is 0 Å². The van der Waals surface area contributed by atoms with Gasteiger partial charge in [-0.05, 0) is 26.0 Å². The Hall–Kier alpha value is -2.67. The Bertz CT molecular complexity index is 739. The normalized spacial score (nSPS) is 10.1. The summed E-state index contributed by atoms with van der Waals surface area (Å²) < 4.78 is 9.94. The van der Waals surface area contributed by atoms with Gasteiger partial charge in [0.25, 0.3) is 5.91 Å². The molecule has 0 radical (unpaired) electrons. The van der Waals surface area contributed by atoms with E-state index in [-0.39, 0.29) is 35.2 Å². The van der Waals surface area contributed by atoms with E-state index >= 15 is 0 Å². The van der Waals surface area contributed by atoms with Crippen molar-refractivity contribution in [1.82, 2.24) is 0 Å². The predicted molar refractivity (Wildman–Crippen MR) is 90.6 cm³/mol. The van der Waals surface area contributed by atoms with Crippen molar-refractivity contribution in [2.75, 3.05) is 18.5 Å². The van der Waals surface area contributed by atoms with E-state index in [1.807, 2.05) is 0 Å². The zero-order valence-corrected chi connectivity index (χ0v) is 14.1. The fourth-order valence-corrected chi connectivity index (χ4v) is 2.89. The molecule has 0 saturated heterocycles. The average molecular weight is 347 g/mol. The monoisotopic (exact) mass is 347 g/mol. The number of rotatable bonds is 6. The Morgan fingerprint density at radius 1 is 1.00 bits per heavy atom. The number of anilines is 1. The number of benzene rings is 1. The second-order valence-corrected chi connectivity index (χ2v) is 5.49. The Kier molecular flexibility index (Phi) is 6.08. The molecule has 1 aromatic carbocycles. The van der Waals surface area contributed by atoms with Crippen LogP contribution in [0, 0.1) is 0 Å². The molecule has 2 aromatic rings. The van der Waals surface area contributed by atoms with Crippen LogP contribution in [0.3, 0.4) is 0 Å². The number of hydrogen-bond donors (Lipinski definition) is 1. The van der Waals surface area contributed by atoms with Crippen molar-refractivity contribution in [1.29, 1.82) is 0 Å². The first-order valence-corrected chi connectivity index (χ1v) is 8.28. The second-order valence-electron chi connectivity index (χ2n) is 4.61. The van der Waals surface area contributed by atoms with Crippen molar-refractivity contribution in [3.05, 3.63) is 52.4 Å². The molecule has 0 aliphatic heterocycles. The number of ether oxygens (including phenoxy) is 2. The molecule has 0 unspecified atom stereocenters. The third kappa shape index (κ3) is 3.99. The average Bonchev–Trinajstić information content (AvgIpc) is 3.00.